The van der Waals surface area contributed by atoms with Gasteiger partial charge in [0.15, 0.2) is 11.5 Å². The second kappa shape index (κ2) is 7.11. The van der Waals surface area contributed by atoms with Crippen LogP contribution in [0, 0.1) is 13.8 Å². The Hall–Kier alpha value is -3.45. The van der Waals surface area contributed by atoms with Gasteiger partial charge in [0.2, 0.25) is 5.95 Å². The third-order valence-corrected chi connectivity index (χ3v) is 5.65. The summed E-state index contributed by atoms with van der Waals surface area (Å²) in [6, 6.07) is 12.7. The number of rotatable bonds is 4. The molecule has 0 amide bonds. The molecule has 5 rings (SSSR count). The number of hydrogen-bond acceptors (Lipinski definition) is 6. The first kappa shape index (κ1) is 18.6. The van der Waals surface area contributed by atoms with Crippen LogP contribution < -0.4 is 10.6 Å². The smallest absolute Gasteiger partial charge is 0.229 e. The summed E-state index contributed by atoms with van der Waals surface area (Å²) in [6.45, 7) is 6.16. The van der Waals surface area contributed by atoms with Gasteiger partial charge < -0.3 is 10.6 Å². The van der Waals surface area contributed by atoms with Crippen molar-refractivity contribution in [1.82, 2.24) is 24.6 Å². The molecule has 3 heterocycles. The van der Waals surface area contributed by atoms with Crippen molar-refractivity contribution in [3.63, 3.8) is 0 Å². The highest BCUT2D eigenvalue weighted by Gasteiger charge is 2.17. The van der Waals surface area contributed by atoms with Crippen molar-refractivity contribution in [3.05, 3.63) is 64.8 Å². The molecule has 2 aromatic carbocycles. The highest BCUT2D eigenvalue weighted by molar-refractivity contribution is 5.90. The van der Waals surface area contributed by atoms with E-state index in [-0.39, 0.29) is 0 Å². The van der Waals surface area contributed by atoms with Gasteiger partial charge in [0.05, 0.1) is 5.39 Å². The Morgan fingerprint density at radius 3 is 2.50 bits per heavy atom. The van der Waals surface area contributed by atoms with E-state index in [4.69, 9.17) is 4.98 Å². The third kappa shape index (κ3) is 3.27. The highest BCUT2D eigenvalue weighted by atomic mass is 15.3. The second-order valence-electron chi connectivity index (χ2n) is 8.08. The van der Waals surface area contributed by atoms with Gasteiger partial charge in [-0.2, -0.15) is 10.1 Å². The molecule has 30 heavy (non-hydrogen) atoms. The van der Waals surface area contributed by atoms with E-state index >= 15 is 0 Å². The lowest BCUT2D eigenvalue weighted by atomic mass is 10.1. The number of fused-ring (bicyclic) bond motifs is 2. The van der Waals surface area contributed by atoms with E-state index in [1.807, 2.05) is 13.2 Å². The molecule has 0 saturated heterocycles. The number of aromatic nitrogens is 4. The van der Waals surface area contributed by atoms with E-state index in [1.165, 1.54) is 22.3 Å². The molecule has 1 aliphatic rings. The van der Waals surface area contributed by atoms with Gasteiger partial charge in [-0.3, -0.25) is 4.90 Å². The minimum atomic E-state index is 0.565. The van der Waals surface area contributed by atoms with Crippen LogP contribution in [0.3, 0.4) is 0 Å². The Balaban J connectivity index is 1.44. The van der Waals surface area contributed by atoms with Crippen molar-refractivity contribution in [2.45, 2.75) is 26.9 Å². The Labute approximate surface area is 175 Å². The fourth-order valence-corrected chi connectivity index (χ4v) is 4.09. The zero-order valence-corrected chi connectivity index (χ0v) is 17.7. The van der Waals surface area contributed by atoms with Gasteiger partial charge in [0, 0.05) is 37.7 Å². The fraction of sp³-hybridized carbons (Fsp3) is 0.261. The van der Waals surface area contributed by atoms with Crippen LogP contribution in [0.2, 0.25) is 0 Å². The molecule has 7 nitrogen and oxygen atoms in total. The summed E-state index contributed by atoms with van der Waals surface area (Å²) in [5, 5.41) is 12.3. The van der Waals surface area contributed by atoms with Crippen LogP contribution in [0.5, 0.6) is 0 Å². The van der Waals surface area contributed by atoms with Gasteiger partial charge in [0.1, 0.15) is 0 Å². The molecule has 0 bridgehead atoms. The largest absolute Gasteiger partial charge is 0.338 e. The number of aryl methyl sites for hydroxylation is 3. The SMILES string of the molecule is Cc1cccc(C)c1Nc1nn(C)c2nc(Nc3ccc4c(c3)CN(C)C4)ncc12. The van der Waals surface area contributed by atoms with Gasteiger partial charge >= 0.3 is 0 Å². The number of anilines is 4. The normalized spacial score (nSPS) is 13.6. The molecular weight excluding hydrogens is 374 g/mol. The van der Waals surface area contributed by atoms with E-state index in [2.05, 4.69) is 82.9 Å². The standard InChI is InChI=1S/C23H25N7/c1-14-6-5-7-15(2)20(14)26-21-19-11-24-23(27-22(19)30(4)28-21)25-18-9-8-16-12-29(3)13-17(16)10-18/h5-11H,12-13H2,1-4H3,(H,26,28)(H,24,25,27). The van der Waals surface area contributed by atoms with Crippen LogP contribution in [-0.4, -0.2) is 31.7 Å². The lowest BCUT2D eigenvalue weighted by molar-refractivity contribution is 0.353. The van der Waals surface area contributed by atoms with Crippen LogP contribution >= 0.6 is 0 Å². The zero-order chi connectivity index (χ0) is 20.8. The van der Waals surface area contributed by atoms with Crippen LogP contribution in [0.25, 0.3) is 11.0 Å². The molecular formula is C23H25N7. The Kier molecular flexibility index (Phi) is 4.40. The van der Waals surface area contributed by atoms with Crippen LogP contribution in [-0.2, 0) is 20.1 Å². The maximum atomic E-state index is 4.71. The zero-order valence-electron chi connectivity index (χ0n) is 17.7. The van der Waals surface area contributed by atoms with Gasteiger partial charge in [0.25, 0.3) is 0 Å². The predicted molar refractivity (Wildman–Crippen MR) is 120 cm³/mol. The molecule has 4 aromatic rings. The number of hydrogen-bond donors (Lipinski definition) is 2. The van der Waals surface area contributed by atoms with E-state index in [9.17, 15) is 0 Å². The van der Waals surface area contributed by atoms with Crippen molar-refractivity contribution < 1.29 is 0 Å². The van der Waals surface area contributed by atoms with Crippen molar-refractivity contribution in [2.75, 3.05) is 17.7 Å². The minimum Gasteiger partial charge on any atom is -0.338 e. The Morgan fingerprint density at radius 1 is 0.933 bits per heavy atom. The number of nitrogens with zero attached hydrogens (tertiary/aromatic N) is 5. The quantitative estimate of drug-likeness (QED) is 0.530. The monoisotopic (exact) mass is 399 g/mol. The lowest BCUT2D eigenvalue weighted by Gasteiger charge is -2.10. The minimum absolute atomic E-state index is 0.565. The Morgan fingerprint density at radius 2 is 1.70 bits per heavy atom. The van der Waals surface area contributed by atoms with Gasteiger partial charge in [-0.1, -0.05) is 24.3 Å². The summed E-state index contributed by atoms with van der Waals surface area (Å²) in [7, 11) is 4.04. The summed E-state index contributed by atoms with van der Waals surface area (Å²) in [5.74, 6) is 1.33. The van der Waals surface area contributed by atoms with E-state index in [1.54, 1.807) is 4.68 Å². The second-order valence-corrected chi connectivity index (χ2v) is 8.08. The molecule has 0 aliphatic carbocycles. The summed E-state index contributed by atoms with van der Waals surface area (Å²) >= 11 is 0. The van der Waals surface area contributed by atoms with Crippen molar-refractivity contribution in [3.8, 4) is 0 Å². The first-order valence-corrected chi connectivity index (χ1v) is 10.1. The molecule has 152 valence electrons. The maximum absolute atomic E-state index is 4.71. The first-order chi connectivity index (χ1) is 14.5. The summed E-state index contributed by atoms with van der Waals surface area (Å²) < 4.78 is 1.79. The molecule has 0 radical (unpaired) electrons. The number of nitrogens with one attached hydrogen (secondary N) is 2. The summed E-state index contributed by atoms with van der Waals surface area (Å²) in [5.41, 5.74) is 7.94. The van der Waals surface area contributed by atoms with Gasteiger partial charge in [-0.05, 0) is 55.3 Å². The van der Waals surface area contributed by atoms with E-state index in [0.29, 0.717) is 5.95 Å². The number of benzene rings is 2. The average molecular weight is 400 g/mol. The van der Waals surface area contributed by atoms with E-state index < -0.39 is 0 Å². The van der Waals surface area contributed by atoms with Gasteiger partial charge in [-0.25, -0.2) is 9.67 Å². The van der Waals surface area contributed by atoms with Crippen molar-refractivity contribution >= 4 is 34.2 Å². The molecule has 1 aliphatic heterocycles. The fourth-order valence-electron chi connectivity index (χ4n) is 4.09. The summed E-state index contributed by atoms with van der Waals surface area (Å²) in [6.07, 6.45) is 1.83. The van der Waals surface area contributed by atoms with Crippen LogP contribution in [0.15, 0.2) is 42.6 Å². The van der Waals surface area contributed by atoms with Crippen LogP contribution in [0.1, 0.15) is 22.3 Å². The molecule has 0 unspecified atom stereocenters. The lowest BCUT2D eigenvalue weighted by Crippen LogP contribution is -2.07. The Bertz CT molecular complexity index is 1240. The molecule has 0 spiro atoms. The molecule has 0 atom stereocenters. The van der Waals surface area contributed by atoms with E-state index in [0.717, 1.165) is 41.3 Å². The highest BCUT2D eigenvalue weighted by Crippen LogP contribution is 2.29. The molecule has 2 aromatic heterocycles. The third-order valence-electron chi connectivity index (χ3n) is 5.65. The van der Waals surface area contributed by atoms with Crippen LogP contribution in [0.4, 0.5) is 23.1 Å². The topological polar surface area (TPSA) is 70.9 Å². The average Bonchev–Trinajstić information content (AvgIpc) is 3.23. The first-order valence-electron chi connectivity index (χ1n) is 10.1. The predicted octanol–water partition coefficient (Wildman–Crippen LogP) is 4.41. The van der Waals surface area contributed by atoms with Crippen molar-refractivity contribution in [2.24, 2.45) is 7.05 Å². The van der Waals surface area contributed by atoms with Gasteiger partial charge in [-0.15, -0.1) is 0 Å². The maximum Gasteiger partial charge on any atom is 0.229 e. The molecule has 2 N–H and O–H groups in total. The van der Waals surface area contributed by atoms with Crippen molar-refractivity contribution in [1.29, 1.82) is 0 Å². The number of para-hydroxylation sites is 1. The molecule has 7 heteroatoms. The molecule has 0 fully saturated rings. The molecule has 0 saturated carbocycles. The summed E-state index contributed by atoms with van der Waals surface area (Å²) in [4.78, 5) is 11.6.